The van der Waals surface area contributed by atoms with Crippen LogP contribution in [0.3, 0.4) is 0 Å². The smallest absolute Gasteiger partial charge is 0.373 e. The third-order valence-electron chi connectivity index (χ3n) is 4.61. The van der Waals surface area contributed by atoms with Crippen LogP contribution < -0.4 is 9.64 Å². The number of fused-ring (bicyclic) bond motifs is 1. The summed E-state index contributed by atoms with van der Waals surface area (Å²) < 4.78 is 6.62. The molecule has 0 unspecified atom stereocenters. The fraction of sp³-hybridized carbons (Fsp3) is 0.0909. The van der Waals surface area contributed by atoms with Crippen molar-refractivity contribution in [1.29, 1.82) is 0 Å². The van der Waals surface area contributed by atoms with Gasteiger partial charge in [0.2, 0.25) is 5.82 Å². The van der Waals surface area contributed by atoms with E-state index in [0.717, 1.165) is 20.9 Å². The van der Waals surface area contributed by atoms with Gasteiger partial charge in [-0.3, -0.25) is 10.1 Å². The molecule has 0 aliphatic heterocycles. The summed E-state index contributed by atoms with van der Waals surface area (Å²) in [5.74, 6) is 0.520. The summed E-state index contributed by atoms with van der Waals surface area (Å²) in [4.78, 5) is 21.6. The van der Waals surface area contributed by atoms with Gasteiger partial charge in [-0.25, -0.2) is 4.98 Å². The summed E-state index contributed by atoms with van der Waals surface area (Å²) in [6.45, 7) is 2.40. The highest BCUT2D eigenvalue weighted by Gasteiger charge is 2.29. The first-order chi connectivity index (χ1) is 14.6. The SMILES string of the molecule is CCN(c1ncnc(Oc2ccc(Br)cc2)c1[N+](=O)[O-])c1cccc2ccccc12. The molecule has 0 spiro atoms. The maximum atomic E-state index is 12.0. The molecule has 0 saturated heterocycles. The van der Waals surface area contributed by atoms with E-state index in [1.807, 2.05) is 49.4 Å². The van der Waals surface area contributed by atoms with Crippen LogP contribution in [0, 0.1) is 10.1 Å². The maximum Gasteiger partial charge on any atom is 0.373 e. The minimum Gasteiger partial charge on any atom is -0.434 e. The molecule has 0 radical (unpaired) electrons. The molecular formula is C22H17BrN4O3. The topological polar surface area (TPSA) is 81.4 Å². The highest BCUT2D eigenvalue weighted by Crippen LogP contribution is 2.40. The molecule has 3 aromatic carbocycles. The van der Waals surface area contributed by atoms with Crippen molar-refractivity contribution < 1.29 is 9.66 Å². The Kier molecular flexibility index (Phi) is 5.58. The molecule has 0 amide bonds. The average Bonchev–Trinajstić information content (AvgIpc) is 2.76. The molecule has 0 bridgehead atoms. The molecule has 8 heteroatoms. The molecular weight excluding hydrogens is 448 g/mol. The molecule has 4 rings (SSSR count). The Bertz CT molecular complexity index is 1210. The van der Waals surface area contributed by atoms with Crippen molar-refractivity contribution in [3.63, 3.8) is 0 Å². The Morgan fingerprint density at radius 3 is 2.50 bits per heavy atom. The zero-order chi connectivity index (χ0) is 21.1. The first-order valence-corrected chi connectivity index (χ1v) is 10.1. The van der Waals surface area contributed by atoms with Gasteiger partial charge in [-0.1, -0.05) is 52.3 Å². The van der Waals surface area contributed by atoms with Crippen LogP contribution in [-0.2, 0) is 0 Å². The van der Waals surface area contributed by atoms with Gasteiger partial charge in [0.25, 0.3) is 0 Å². The molecule has 1 heterocycles. The van der Waals surface area contributed by atoms with Crippen molar-refractivity contribution in [2.45, 2.75) is 6.92 Å². The van der Waals surface area contributed by atoms with Crippen LogP contribution in [-0.4, -0.2) is 21.4 Å². The number of nitrogens with zero attached hydrogens (tertiary/aromatic N) is 4. The Morgan fingerprint density at radius 1 is 1.03 bits per heavy atom. The number of anilines is 2. The van der Waals surface area contributed by atoms with Gasteiger partial charge in [-0.05, 0) is 42.6 Å². The lowest BCUT2D eigenvalue weighted by Gasteiger charge is -2.23. The number of halogens is 1. The second-order valence-electron chi connectivity index (χ2n) is 6.41. The third kappa shape index (κ3) is 3.81. The Labute approximate surface area is 181 Å². The van der Waals surface area contributed by atoms with E-state index in [-0.39, 0.29) is 17.4 Å². The van der Waals surface area contributed by atoms with Crippen LogP contribution in [0.1, 0.15) is 6.92 Å². The molecule has 1 aromatic heterocycles. The summed E-state index contributed by atoms with van der Waals surface area (Å²) in [7, 11) is 0. The van der Waals surface area contributed by atoms with Gasteiger partial charge in [-0.2, -0.15) is 4.98 Å². The predicted molar refractivity (Wildman–Crippen MR) is 120 cm³/mol. The van der Waals surface area contributed by atoms with Crippen molar-refractivity contribution in [3.05, 3.63) is 87.6 Å². The lowest BCUT2D eigenvalue weighted by molar-refractivity contribution is -0.385. The van der Waals surface area contributed by atoms with Crippen molar-refractivity contribution in [2.24, 2.45) is 0 Å². The number of rotatable bonds is 6. The Morgan fingerprint density at radius 2 is 1.77 bits per heavy atom. The summed E-state index contributed by atoms with van der Waals surface area (Å²) in [6, 6.07) is 20.7. The Hall–Kier alpha value is -3.52. The van der Waals surface area contributed by atoms with Gasteiger partial charge in [0.05, 0.1) is 10.6 Å². The van der Waals surface area contributed by atoms with E-state index < -0.39 is 4.92 Å². The quantitative estimate of drug-likeness (QED) is 0.247. The second kappa shape index (κ2) is 8.46. The molecule has 0 atom stereocenters. The molecule has 7 nitrogen and oxygen atoms in total. The number of hydrogen-bond donors (Lipinski definition) is 0. The lowest BCUT2D eigenvalue weighted by Crippen LogP contribution is -2.19. The largest absolute Gasteiger partial charge is 0.434 e. The van der Waals surface area contributed by atoms with Gasteiger partial charge in [0, 0.05) is 16.4 Å². The van der Waals surface area contributed by atoms with Crippen molar-refractivity contribution >= 4 is 43.9 Å². The van der Waals surface area contributed by atoms with E-state index in [4.69, 9.17) is 4.74 Å². The van der Waals surface area contributed by atoms with Gasteiger partial charge < -0.3 is 9.64 Å². The van der Waals surface area contributed by atoms with Crippen LogP contribution in [0.15, 0.2) is 77.5 Å². The monoisotopic (exact) mass is 464 g/mol. The normalized spacial score (nSPS) is 10.7. The zero-order valence-electron chi connectivity index (χ0n) is 16.0. The summed E-state index contributed by atoms with van der Waals surface area (Å²) in [5, 5.41) is 14.0. The van der Waals surface area contributed by atoms with Crippen LogP contribution in [0.4, 0.5) is 17.2 Å². The lowest BCUT2D eigenvalue weighted by atomic mass is 10.1. The molecule has 0 fully saturated rings. The number of aromatic nitrogens is 2. The number of benzene rings is 3. The predicted octanol–water partition coefficient (Wildman–Crippen LogP) is 6.25. The zero-order valence-corrected chi connectivity index (χ0v) is 17.6. The minimum absolute atomic E-state index is 0.106. The third-order valence-corrected chi connectivity index (χ3v) is 5.14. The molecule has 0 aliphatic rings. The van der Waals surface area contributed by atoms with E-state index in [1.54, 1.807) is 29.2 Å². The van der Waals surface area contributed by atoms with Crippen LogP contribution >= 0.6 is 15.9 Å². The van der Waals surface area contributed by atoms with Crippen molar-refractivity contribution in [2.75, 3.05) is 11.4 Å². The molecule has 0 N–H and O–H groups in total. The highest BCUT2D eigenvalue weighted by atomic mass is 79.9. The van der Waals surface area contributed by atoms with E-state index >= 15 is 0 Å². The summed E-state index contributed by atoms with van der Waals surface area (Å²) in [5.41, 5.74) is 0.544. The van der Waals surface area contributed by atoms with Crippen LogP contribution in [0.2, 0.25) is 0 Å². The molecule has 30 heavy (non-hydrogen) atoms. The maximum absolute atomic E-state index is 12.0. The van der Waals surface area contributed by atoms with E-state index in [2.05, 4.69) is 25.9 Å². The number of hydrogen-bond acceptors (Lipinski definition) is 6. The van der Waals surface area contributed by atoms with Gasteiger partial charge in [-0.15, -0.1) is 0 Å². The molecule has 150 valence electrons. The first-order valence-electron chi connectivity index (χ1n) is 9.26. The van der Waals surface area contributed by atoms with Crippen LogP contribution in [0.5, 0.6) is 11.6 Å². The number of nitro groups is 1. The van der Waals surface area contributed by atoms with Gasteiger partial charge in [0.15, 0.2) is 0 Å². The second-order valence-corrected chi connectivity index (χ2v) is 7.32. The molecule has 4 aromatic rings. The van der Waals surface area contributed by atoms with Crippen molar-refractivity contribution in [1.82, 2.24) is 9.97 Å². The minimum atomic E-state index is -0.503. The van der Waals surface area contributed by atoms with E-state index in [9.17, 15) is 10.1 Å². The Balaban J connectivity index is 1.84. The summed E-state index contributed by atoms with van der Waals surface area (Å²) in [6.07, 6.45) is 1.28. The fourth-order valence-electron chi connectivity index (χ4n) is 3.28. The summed E-state index contributed by atoms with van der Waals surface area (Å²) >= 11 is 3.36. The van der Waals surface area contributed by atoms with Gasteiger partial charge in [0.1, 0.15) is 12.1 Å². The van der Waals surface area contributed by atoms with Crippen LogP contribution in [0.25, 0.3) is 10.8 Å². The van der Waals surface area contributed by atoms with Gasteiger partial charge >= 0.3 is 11.6 Å². The first kappa shape index (κ1) is 19.8. The fourth-order valence-corrected chi connectivity index (χ4v) is 3.54. The standard InChI is InChI=1S/C22H17BrN4O3/c1-2-26(19-9-5-7-15-6-3-4-8-18(15)19)21-20(27(28)29)22(25-14-24-21)30-17-12-10-16(23)11-13-17/h3-14H,2H2,1H3. The van der Waals surface area contributed by atoms with E-state index in [0.29, 0.717) is 12.3 Å². The van der Waals surface area contributed by atoms with Crippen molar-refractivity contribution in [3.8, 4) is 11.6 Å². The molecule has 0 saturated carbocycles. The average molecular weight is 465 g/mol. The highest BCUT2D eigenvalue weighted by molar-refractivity contribution is 9.10. The number of ether oxygens (including phenoxy) is 1. The van der Waals surface area contributed by atoms with E-state index in [1.165, 1.54) is 6.33 Å². The molecule has 0 aliphatic carbocycles.